The fourth-order valence-electron chi connectivity index (χ4n) is 13.3. The van der Waals surface area contributed by atoms with Crippen LogP contribution in [0, 0.1) is 10.8 Å². The Bertz CT molecular complexity index is 1810. The third-order valence-electron chi connectivity index (χ3n) is 20.2. The van der Waals surface area contributed by atoms with Gasteiger partial charge in [-0.15, -0.1) is 0 Å². The highest BCUT2D eigenvalue weighted by molar-refractivity contribution is 5.75. The van der Waals surface area contributed by atoms with Crippen molar-refractivity contribution in [2.24, 2.45) is 10.8 Å². The number of hydrogen-bond donors (Lipinski definition) is 0. The minimum atomic E-state index is -5.38. The Labute approximate surface area is 623 Å². The van der Waals surface area contributed by atoms with E-state index in [1.165, 1.54) is 264 Å². The molecular formula is C86H159F3O13. The number of esters is 6. The van der Waals surface area contributed by atoms with Crippen molar-refractivity contribution in [3.05, 3.63) is 0 Å². The Kier molecular flexibility index (Phi) is 70.6. The van der Waals surface area contributed by atoms with E-state index in [0.29, 0.717) is 25.7 Å². The molecule has 0 aliphatic heterocycles. The van der Waals surface area contributed by atoms with Gasteiger partial charge in [-0.1, -0.05) is 387 Å². The number of hydrogen-bond acceptors (Lipinski definition) is 13. The van der Waals surface area contributed by atoms with Crippen LogP contribution in [0.25, 0.3) is 0 Å². The lowest BCUT2D eigenvalue weighted by molar-refractivity contribution is -0.208. The van der Waals surface area contributed by atoms with Crippen LogP contribution in [0.4, 0.5) is 13.2 Å². The van der Waals surface area contributed by atoms with Crippen LogP contribution < -0.4 is 0 Å². The average molecular weight is 1460 g/mol. The fourth-order valence-corrected chi connectivity index (χ4v) is 13.3. The van der Waals surface area contributed by atoms with E-state index in [-0.39, 0.29) is 25.7 Å². The molecule has 0 aliphatic carbocycles. The van der Waals surface area contributed by atoms with Gasteiger partial charge >= 0.3 is 42.0 Å². The molecule has 0 unspecified atom stereocenters. The molecule has 102 heavy (non-hydrogen) atoms. The van der Waals surface area contributed by atoms with Crippen molar-refractivity contribution in [2.45, 2.75) is 452 Å². The van der Waals surface area contributed by atoms with Gasteiger partial charge in [0.05, 0.1) is 24.0 Å². The molecular weight excluding hydrogens is 1300 g/mol. The quantitative estimate of drug-likeness (QED) is 0.0321. The number of alkyl halides is 3. The maximum Gasteiger partial charge on any atom is 0.490 e. The molecule has 0 heterocycles. The zero-order valence-electron chi connectivity index (χ0n) is 66.9. The van der Waals surface area contributed by atoms with Crippen LogP contribution in [0.5, 0.6) is 0 Å². The molecule has 0 amide bonds. The van der Waals surface area contributed by atoms with E-state index in [2.05, 4.69) is 27.7 Å². The van der Waals surface area contributed by atoms with E-state index in [9.17, 15) is 41.9 Å². The molecule has 0 bridgehead atoms. The second-order valence-electron chi connectivity index (χ2n) is 30.8. The van der Waals surface area contributed by atoms with E-state index in [0.717, 1.165) is 103 Å². The van der Waals surface area contributed by atoms with Crippen molar-refractivity contribution in [3.63, 3.8) is 0 Å². The Morgan fingerprint density at radius 2 is 0.373 bits per heavy atom. The number of unbranched alkanes of at least 4 members (excludes halogenated alkanes) is 56. The smallest absolute Gasteiger partial charge is 0.465 e. The Morgan fingerprint density at radius 1 is 0.216 bits per heavy atom. The zero-order valence-corrected chi connectivity index (χ0v) is 66.9. The predicted octanol–water partition coefficient (Wildman–Crippen LogP) is 25.9. The zero-order chi connectivity index (χ0) is 74.8. The van der Waals surface area contributed by atoms with Crippen LogP contribution >= 0.6 is 0 Å². The lowest BCUT2D eigenvalue weighted by Gasteiger charge is -2.35. The van der Waals surface area contributed by atoms with Crippen LogP contribution in [-0.4, -0.2) is 94.8 Å². The van der Waals surface area contributed by atoms with Crippen molar-refractivity contribution < 1.29 is 75.1 Å². The molecule has 0 aromatic rings. The maximum atomic E-state index is 13.9. The molecule has 0 atom stereocenters. The van der Waals surface area contributed by atoms with Crippen LogP contribution in [-0.2, 0) is 61.9 Å². The van der Waals surface area contributed by atoms with Crippen LogP contribution in [0.1, 0.15) is 446 Å². The van der Waals surface area contributed by atoms with Crippen LogP contribution in [0.15, 0.2) is 0 Å². The van der Waals surface area contributed by atoms with E-state index in [1.807, 2.05) is 0 Å². The summed E-state index contributed by atoms with van der Waals surface area (Å²) in [4.78, 5) is 79.3. The molecule has 0 spiro atoms. The highest BCUT2D eigenvalue weighted by Gasteiger charge is 2.45. The third-order valence-corrected chi connectivity index (χ3v) is 20.2. The monoisotopic (exact) mass is 1460 g/mol. The minimum absolute atomic E-state index is 0.0253. The molecule has 0 saturated carbocycles. The fraction of sp³-hybridized carbons (Fsp3) is 0.930. The van der Waals surface area contributed by atoms with Crippen LogP contribution in [0.3, 0.4) is 0 Å². The molecule has 0 aromatic carbocycles. The molecule has 0 radical (unpaired) electrons. The lowest BCUT2D eigenvalue weighted by Crippen LogP contribution is -2.47. The van der Waals surface area contributed by atoms with E-state index >= 15 is 0 Å². The van der Waals surface area contributed by atoms with Crippen molar-refractivity contribution >= 4 is 35.8 Å². The Morgan fingerprint density at radius 3 is 0.539 bits per heavy atom. The first-order valence-corrected chi connectivity index (χ1v) is 43.1. The van der Waals surface area contributed by atoms with Gasteiger partial charge in [-0.3, -0.25) is 24.0 Å². The molecule has 602 valence electrons. The predicted molar refractivity (Wildman–Crippen MR) is 411 cm³/mol. The topological polar surface area (TPSA) is 167 Å². The van der Waals surface area contributed by atoms with Gasteiger partial charge in [-0.2, -0.15) is 13.2 Å². The molecule has 0 saturated heterocycles. The van der Waals surface area contributed by atoms with Crippen LogP contribution in [0.2, 0.25) is 0 Å². The summed E-state index contributed by atoms with van der Waals surface area (Å²) in [6.07, 6.45) is 64.2. The largest absolute Gasteiger partial charge is 0.490 e. The first kappa shape index (κ1) is 98.6. The van der Waals surface area contributed by atoms with Gasteiger partial charge in [0, 0.05) is 32.6 Å². The van der Waals surface area contributed by atoms with Gasteiger partial charge in [0.2, 0.25) is 0 Å². The summed E-state index contributed by atoms with van der Waals surface area (Å²) in [6.45, 7) is 5.46. The summed E-state index contributed by atoms with van der Waals surface area (Å²) < 4.78 is 82.1. The molecule has 16 heteroatoms. The standard InChI is InChI=1S/C86H159F3O13/c1-6-10-14-18-22-26-30-34-38-42-46-50-54-58-62-66-79(91)98-73-84(72-97-78(5)90,74-99-80(92)67-63-59-55-51-47-43-39-35-31-27-23-19-15-11-7-2)70-96-71-85(77-102-83(95)86(87,88)89,75-100-81(93)68-64-60-56-52-48-44-40-36-32-28-24-20-16-12-8-3)76-101-82(94)69-65-61-57-53-49-45-41-37-33-29-25-21-17-13-9-4/h6-77H2,1-5H3. The van der Waals surface area contributed by atoms with Crippen molar-refractivity contribution in [2.75, 3.05) is 52.9 Å². The summed E-state index contributed by atoms with van der Waals surface area (Å²) in [5.41, 5.74) is -3.41. The van der Waals surface area contributed by atoms with E-state index in [4.69, 9.17) is 33.2 Å². The van der Waals surface area contributed by atoms with Gasteiger partial charge in [0.15, 0.2) is 0 Å². The summed E-state index contributed by atoms with van der Waals surface area (Å²) >= 11 is 0. The van der Waals surface area contributed by atoms with Gasteiger partial charge < -0.3 is 33.2 Å². The minimum Gasteiger partial charge on any atom is -0.465 e. The van der Waals surface area contributed by atoms with Gasteiger partial charge in [0.25, 0.3) is 0 Å². The summed E-state index contributed by atoms with van der Waals surface area (Å²) in [5.74, 6) is -5.47. The molecule has 0 rings (SSSR count). The van der Waals surface area contributed by atoms with Crippen molar-refractivity contribution in [3.8, 4) is 0 Å². The number of rotatable bonds is 80. The SMILES string of the molecule is CCCCCCCCCCCCCCCCCC(=O)OCC(COCC(COC(=O)CCCCCCCCCCCCCCCCC)(COC(=O)CCCCCCCCCCCCCCCCC)COC(=O)C(F)(F)F)(COC(C)=O)COC(=O)CCCCCCCCCCCCCCCCC. The number of carbonyl (C=O) groups is 6. The molecule has 0 fully saturated rings. The molecule has 0 aliphatic rings. The molecule has 0 aromatic heterocycles. The summed E-state index contributed by atoms with van der Waals surface area (Å²) in [7, 11) is 0. The average Bonchev–Trinajstić information content (AvgIpc) is 0.841. The van der Waals surface area contributed by atoms with Gasteiger partial charge in [0.1, 0.15) is 39.6 Å². The second-order valence-corrected chi connectivity index (χ2v) is 30.8. The highest BCUT2D eigenvalue weighted by atomic mass is 19.4. The first-order valence-electron chi connectivity index (χ1n) is 43.1. The number of halogens is 3. The molecule has 13 nitrogen and oxygen atoms in total. The highest BCUT2D eigenvalue weighted by Crippen LogP contribution is 2.29. The Hall–Kier alpha value is -3.43. The van der Waals surface area contributed by atoms with Crippen molar-refractivity contribution in [1.82, 2.24) is 0 Å². The second kappa shape index (κ2) is 73.1. The number of carbonyl (C=O) groups excluding carboxylic acids is 6. The summed E-state index contributed by atoms with van der Waals surface area (Å²) in [6, 6.07) is 0. The normalized spacial score (nSPS) is 11.9. The van der Waals surface area contributed by atoms with Gasteiger partial charge in [-0.05, 0) is 25.7 Å². The number of ether oxygens (including phenoxy) is 7. The molecule has 0 N–H and O–H groups in total. The maximum absolute atomic E-state index is 13.9. The van der Waals surface area contributed by atoms with Crippen molar-refractivity contribution in [1.29, 1.82) is 0 Å². The third kappa shape index (κ3) is 67.2. The summed E-state index contributed by atoms with van der Waals surface area (Å²) in [5, 5.41) is 0. The Balaban J connectivity index is 6.36. The van der Waals surface area contributed by atoms with E-state index < -0.39 is 106 Å². The first-order chi connectivity index (χ1) is 49.6. The van der Waals surface area contributed by atoms with Gasteiger partial charge in [-0.25, -0.2) is 4.79 Å². The lowest BCUT2D eigenvalue weighted by atomic mass is 9.90. The van der Waals surface area contributed by atoms with E-state index in [1.54, 1.807) is 0 Å².